The van der Waals surface area contributed by atoms with E-state index in [0.717, 1.165) is 11.8 Å². The maximum absolute atomic E-state index is 13.4. The Hall–Kier alpha value is -3.21. The highest BCUT2D eigenvalue weighted by atomic mass is 35.5. The SMILES string of the molecule is COc1cc(OC)c(NC(=O)CSc2[nH]c3ccccc3[n+]2S(=O)(=O)c2ccccc2)cc1Cl. The summed E-state index contributed by atoms with van der Waals surface area (Å²) < 4.78 is 38.6. The number of ether oxygens (including phenoxy) is 2. The quantitative estimate of drug-likeness (QED) is 0.269. The molecular weight excluding hydrogens is 498 g/mol. The van der Waals surface area contributed by atoms with Gasteiger partial charge in [0.2, 0.25) is 5.91 Å². The zero-order valence-electron chi connectivity index (χ0n) is 18.2. The van der Waals surface area contributed by atoms with Crippen molar-refractivity contribution in [1.29, 1.82) is 0 Å². The van der Waals surface area contributed by atoms with E-state index in [1.807, 2.05) is 0 Å². The highest BCUT2D eigenvalue weighted by Crippen LogP contribution is 2.36. The van der Waals surface area contributed by atoms with Crippen molar-refractivity contribution in [1.82, 2.24) is 4.98 Å². The Bertz CT molecular complexity index is 1460. The number of anilines is 1. The second-order valence-corrected chi connectivity index (χ2v) is 10.2. The van der Waals surface area contributed by atoms with Gasteiger partial charge in [0, 0.05) is 6.07 Å². The van der Waals surface area contributed by atoms with Gasteiger partial charge in [-0.2, -0.15) is 8.42 Å². The number of hydrogen-bond acceptors (Lipinski definition) is 6. The van der Waals surface area contributed by atoms with Gasteiger partial charge >= 0.3 is 15.2 Å². The number of methoxy groups -OCH3 is 2. The molecule has 0 fully saturated rings. The predicted molar refractivity (Wildman–Crippen MR) is 131 cm³/mol. The summed E-state index contributed by atoms with van der Waals surface area (Å²) in [6.45, 7) is 0. The van der Waals surface area contributed by atoms with Crippen LogP contribution >= 0.6 is 23.4 Å². The maximum atomic E-state index is 13.4. The van der Waals surface area contributed by atoms with Crippen LogP contribution in [0.25, 0.3) is 11.0 Å². The summed E-state index contributed by atoms with van der Waals surface area (Å²) in [5, 5.41) is 3.37. The minimum atomic E-state index is -3.90. The second kappa shape index (κ2) is 9.96. The number of amides is 1. The Labute approximate surface area is 205 Å². The lowest BCUT2D eigenvalue weighted by Crippen LogP contribution is -2.44. The van der Waals surface area contributed by atoms with E-state index in [9.17, 15) is 13.2 Å². The van der Waals surface area contributed by atoms with Crippen molar-refractivity contribution in [2.75, 3.05) is 25.3 Å². The molecule has 0 unspecified atom stereocenters. The van der Waals surface area contributed by atoms with Gasteiger partial charge in [0.25, 0.3) is 0 Å². The molecule has 8 nitrogen and oxygen atoms in total. The van der Waals surface area contributed by atoms with Crippen LogP contribution in [0.5, 0.6) is 11.5 Å². The molecule has 0 bridgehead atoms. The highest BCUT2D eigenvalue weighted by molar-refractivity contribution is 8.00. The lowest BCUT2D eigenvalue weighted by molar-refractivity contribution is -0.526. The van der Waals surface area contributed by atoms with Gasteiger partial charge in [-0.05, 0) is 42.1 Å². The van der Waals surface area contributed by atoms with Crippen molar-refractivity contribution in [3.8, 4) is 11.5 Å². The number of H-pyrrole nitrogens is 1. The van der Waals surface area contributed by atoms with E-state index in [1.54, 1.807) is 48.5 Å². The summed E-state index contributed by atoms with van der Waals surface area (Å²) in [6.07, 6.45) is 0. The first-order valence-electron chi connectivity index (χ1n) is 10.0. The molecule has 0 aliphatic rings. The predicted octanol–water partition coefficient (Wildman–Crippen LogP) is 4.09. The standard InChI is InChI=1S/C23H20ClN3O5S2/c1-31-20-13-21(32-2)18(12-16(20)24)25-22(28)14-33-23-26-17-10-6-7-11-19(17)27(23)34(29,30)15-8-4-3-5-9-15/h3-13H,14H2,1-2H3,(H,25,28)/p+1. The molecule has 3 aromatic carbocycles. The number of nitrogens with one attached hydrogen (secondary N) is 2. The molecule has 0 aliphatic carbocycles. The zero-order chi connectivity index (χ0) is 24.3. The van der Waals surface area contributed by atoms with E-state index in [2.05, 4.69) is 10.3 Å². The molecule has 0 radical (unpaired) electrons. The van der Waals surface area contributed by atoms with Crippen molar-refractivity contribution in [3.05, 3.63) is 71.8 Å². The number of fused-ring (bicyclic) bond motifs is 1. The number of nitrogens with zero attached hydrogens (tertiary/aromatic N) is 1. The van der Waals surface area contributed by atoms with Crippen LogP contribution in [0.15, 0.2) is 76.8 Å². The number of carbonyl (C=O) groups excluding carboxylic acids is 1. The molecule has 1 aromatic heterocycles. The van der Waals surface area contributed by atoms with Crippen LogP contribution in [0.3, 0.4) is 0 Å². The Balaban J connectivity index is 1.62. The van der Waals surface area contributed by atoms with E-state index < -0.39 is 10.0 Å². The van der Waals surface area contributed by atoms with Crippen molar-refractivity contribution >= 4 is 56.0 Å². The van der Waals surface area contributed by atoms with Gasteiger partial charge in [-0.25, -0.2) is 4.98 Å². The van der Waals surface area contributed by atoms with E-state index in [-0.39, 0.29) is 16.6 Å². The molecule has 4 rings (SSSR count). The zero-order valence-corrected chi connectivity index (χ0v) is 20.6. The third kappa shape index (κ3) is 4.70. The van der Waals surface area contributed by atoms with Gasteiger partial charge in [-0.15, -0.1) is 3.97 Å². The summed E-state index contributed by atoms with van der Waals surface area (Å²) in [7, 11) is -0.954. The van der Waals surface area contributed by atoms with Crippen LogP contribution < -0.4 is 18.8 Å². The molecule has 0 saturated heterocycles. The number of rotatable bonds is 8. The third-order valence-corrected chi connectivity index (χ3v) is 8.02. The van der Waals surface area contributed by atoms with Crippen molar-refractivity contribution in [2.24, 2.45) is 0 Å². The fraction of sp³-hybridized carbons (Fsp3) is 0.130. The van der Waals surface area contributed by atoms with Crippen LogP contribution in [0.2, 0.25) is 5.02 Å². The number of hydrogen-bond donors (Lipinski definition) is 2. The monoisotopic (exact) mass is 518 g/mol. The van der Waals surface area contributed by atoms with Gasteiger partial charge in [0.05, 0.1) is 30.7 Å². The fourth-order valence-corrected chi connectivity index (χ4v) is 6.17. The average molecular weight is 519 g/mol. The molecule has 1 heterocycles. The first-order valence-corrected chi connectivity index (χ1v) is 12.8. The molecule has 0 atom stereocenters. The van der Waals surface area contributed by atoms with Crippen molar-refractivity contribution < 1.29 is 26.7 Å². The van der Waals surface area contributed by atoms with Crippen molar-refractivity contribution in [3.63, 3.8) is 0 Å². The number of aromatic nitrogens is 2. The molecule has 34 heavy (non-hydrogen) atoms. The molecule has 0 aliphatic heterocycles. The Kier molecular flexibility index (Phi) is 7.01. The fourth-order valence-electron chi connectivity index (χ4n) is 3.34. The Morgan fingerprint density at radius 1 is 1.03 bits per heavy atom. The molecule has 2 N–H and O–H groups in total. The number of para-hydroxylation sites is 2. The minimum Gasteiger partial charge on any atom is -0.495 e. The van der Waals surface area contributed by atoms with Gasteiger partial charge in [-0.1, -0.05) is 41.9 Å². The summed E-state index contributed by atoms with van der Waals surface area (Å²) in [6, 6.07) is 18.3. The molecule has 0 spiro atoms. The van der Waals surface area contributed by atoms with Gasteiger partial charge in [-0.3, -0.25) is 4.79 Å². The molecule has 0 saturated carbocycles. The minimum absolute atomic E-state index is 0.0655. The molecular formula is C23H21ClN3O5S2+. The van der Waals surface area contributed by atoms with Crippen LogP contribution in [-0.4, -0.2) is 39.3 Å². The molecule has 4 aromatic rings. The van der Waals surface area contributed by atoms with E-state index in [4.69, 9.17) is 21.1 Å². The number of aromatic amines is 1. The number of imidazole rings is 1. The summed E-state index contributed by atoms with van der Waals surface area (Å²) in [5.41, 5.74) is 1.49. The topological polar surface area (TPSA) is 101 Å². The van der Waals surface area contributed by atoms with E-state index in [0.29, 0.717) is 38.4 Å². The normalized spacial score (nSPS) is 11.4. The summed E-state index contributed by atoms with van der Waals surface area (Å²) >= 11 is 7.24. The summed E-state index contributed by atoms with van der Waals surface area (Å²) in [5.74, 6) is 0.360. The van der Waals surface area contributed by atoms with Gasteiger partial charge in [0.1, 0.15) is 16.4 Å². The number of carbonyl (C=O) groups is 1. The largest absolute Gasteiger partial charge is 0.495 e. The maximum Gasteiger partial charge on any atom is 0.336 e. The number of benzene rings is 3. The van der Waals surface area contributed by atoms with E-state index in [1.165, 1.54) is 36.4 Å². The van der Waals surface area contributed by atoms with E-state index >= 15 is 0 Å². The van der Waals surface area contributed by atoms with Crippen LogP contribution in [0.4, 0.5) is 5.69 Å². The van der Waals surface area contributed by atoms with Crippen LogP contribution in [0, 0.1) is 0 Å². The Morgan fingerprint density at radius 3 is 2.41 bits per heavy atom. The lowest BCUT2D eigenvalue weighted by atomic mass is 10.2. The van der Waals surface area contributed by atoms with Crippen molar-refractivity contribution in [2.45, 2.75) is 10.1 Å². The second-order valence-electron chi connectivity index (χ2n) is 7.05. The molecule has 176 valence electrons. The lowest BCUT2D eigenvalue weighted by Gasteiger charge is -2.12. The van der Waals surface area contributed by atoms with Gasteiger partial charge in [0.15, 0.2) is 11.0 Å². The highest BCUT2D eigenvalue weighted by Gasteiger charge is 2.32. The van der Waals surface area contributed by atoms with Gasteiger partial charge < -0.3 is 14.8 Å². The number of thioether (sulfide) groups is 1. The summed E-state index contributed by atoms with van der Waals surface area (Å²) in [4.78, 5) is 16.0. The van der Waals surface area contributed by atoms with Crippen LogP contribution in [0.1, 0.15) is 0 Å². The average Bonchev–Trinajstić information content (AvgIpc) is 3.23. The third-order valence-electron chi connectivity index (χ3n) is 4.92. The molecule has 11 heteroatoms. The number of halogens is 1. The molecule has 1 amide bonds. The first-order chi connectivity index (χ1) is 16.3. The smallest absolute Gasteiger partial charge is 0.336 e. The Morgan fingerprint density at radius 2 is 1.71 bits per heavy atom. The van der Waals surface area contributed by atoms with Crippen LogP contribution in [-0.2, 0) is 14.8 Å². The first kappa shape index (κ1) is 23.9.